The van der Waals surface area contributed by atoms with Gasteiger partial charge in [-0.25, -0.2) is 0 Å². The van der Waals surface area contributed by atoms with Crippen LogP contribution in [-0.2, 0) is 0 Å². The van der Waals surface area contributed by atoms with Gasteiger partial charge in [0.05, 0.1) is 6.10 Å². The predicted octanol–water partition coefficient (Wildman–Crippen LogP) is 1.71. The van der Waals surface area contributed by atoms with Crippen LogP contribution in [0.3, 0.4) is 0 Å². The molecule has 104 valence electrons. The van der Waals surface area contributed by atoms with Crippen LogP contribution in [0.25, 0.3) is 0 Å². The average Bonchev–Trinajstić information content (AvgIpc) is 2.41. The summed E-state index contributed by atoms with van der Waals surface area (Å²) in [6, 6.07) is 1.22. The Morgan fingerprint density at radius 3 is 2.67 bits per heavy atom. The van der Waals surface area contributed by atoms with Gasteiger partial charge >= 0.3 is 0 Å². The number of piperidine rings is 1. The zero-order valence-corrected chi connectivity index (χ0v) is 11.7. The third-order valence-corrected chi connectivity index (χ3v) is 5.38. The minimum absolute atomic E-state index is 0.0728. The van der Waals surface area contributed by atoms with E-state index in [-0.39, 0.29) is 6.10 Å². The number of aliphatic hydroxyl groups is 1. The molecule has 1 saturated carbocycles. The van der Waals surface area contributed by atoms with Gasteiger partial charge in [0.2, 0.25) is 0 Å². The Labute approximate surface area is 111 Å². The van der Waals surface area contributed by atoms with Crippen LogP contribution in [0.5, 0.6) is 0 Å². The highest BCUT2D eigenvalue weighted by Gasteiger charge is 2.36. The van der Waals surface area contributed by atoms with Crippen LogP contribution in [0.2, 0.25) is 0 Å². The van der Waals surface area contributed by atoms with Crippen molar-refractivity contribution in [2.24, 2.45) is 5.92 Å². The Kier molecular flexibility index (Phi) is 3.92. The zero-order valence-electron chi connectivity index (χ0n) is 11.7. The summed E-state index contributed by atoms with van der Waals surface area (Å²) in [7, 11) is 0. The number of piperazine rings is 1. The second-order valence-corrected chi connectivity index (χ2v) is 6.73. The van der Waals surface area contributed by atoms with Crippen molar-refractivity contribution < 1.29 is 5.11 Å². The molecule has 4 atom stereocenters. The molecule has 1 N–H and O–H groups in total. The summed E-state index contributed by atoms with van der Waals surface area (Å²) < 4.78 is 0. The molecule has 0 bridgehead atoms. The van der Waals surface area contributed by atoms with Crippen LogP contribution in [0, 0.1) is 5.92 Å². The lowest BCUT2D eigenvalue weighted by Crippen LogP contribution is -2.60. The molecule has 4 unspecified atom stereocenters. The lowest BCUT2D eigenvalue weighted by Gasteiger charge is -2.49. The molecule has 2 saturated heterocycles. The van der Waals surface area contributed by atoms with E-state index in [1.54, 1.807) is 0 Å². The van der Waals surface area contributed by atoms with Gasteiger partial charge in [0.1, 0.15) is 0 Å². The van der Waals surface area contributed by atoms with Crippen molar-refractivity contribution in [3.63, 3.8) is 0 Å². The molecule has 1 aliphatic carbocycles. The van der Waals surface area contributed by atoms with E-state index in [9.17, 15) is 5.11 Å². The number of nitrogens with zero attached hydrogens (tertiary/aromatic N) is 2. The second kappa shape index (κ2) is 5.48. The van der Waals surface area contributed by atoms with Crippen LogP contribution in [-0.4, -0.2) is 59.3 Å². The average molecular weight is 252 g/mol. The lowest BCUT2D eigenvalue weighted by atomic mass is 9.83. The molecule has 2 aliphatic heterocycles. The lowest BCUT2D eigenvalue weighted by molar-refractivity contribution is -0.0383. The molecule has 3 fully saturated rings. The van der Waals surface area contributed by atoms with E-state index in [1.165, 1.54) is 58.3 Å². The fourth-order valence-electron chi connectivity index (χ4n) is 4.21. The first-order chi connectivity index (χ1) is 8.74. The highest BCUT2D eigenvalue weighted by Crippen LogP contribution is 2.30. The number of hydrogen-bond acceptors (Lipinski definition) is 3. The van der Waals surface area contributed by atoms with Crippen molar-refractivity contribution in [3.05, 3.63) is 0 Å². The van der Waals surface area contributed by atoms with Crippen molar-refractivity contribution in [2.45, 2.75) is 63.6 Å². The Bertz CT molecular complexity index is 284. The zero-order chi connectivity index (χ0) is 12.5. The smallest absolute Gasteiger partial charge is 0.0695 e. The van der Waals surface area contributed by atoms with Crippen molar-refractivity contribution in [3.8, 4) is 0 Å². The molecule has 0 aromatic rings. The van der Waals surface area contributed by atoms with E-state index >= 15 is 0 Å². The van der Waals surface area contributed by atoms with E-state index < -0.39 is 0 Å². The summed E-state index contributed by atoms with van der Waals surface area (Å²) in [6.07, 6.45) is 7.51. The van der Waals surface area contributed by atoms with Gasteiger partial charge in [-0.3, -0.25) is 9.80 Å². The first kappa shape index (κ1) is 12.9. The van der Waals surface area contributed by atoms with Gasteiger partial charge in [0.25, 0.3) is 0 Å². The van der Waals surface area contributed by atoms with Gasteiger partial charge in [0.15, 0.2) is 0 Å². The van der Waals surface area contributed by atoms with Gasteiger partial charge in [-0.2, -0.15) is 0 Å². The van der Waals surface area contributed by atoms with E-state index in [4.69, 9.17) is 0 Å². The minimum Gasteiger partial charge on any atom is -0.391 e. The van der Waals surface area contributed by atoms with Crippen LogP contribution >= 0.6 is 0 Å². The Hall–Kier alpha value is -0.120. The predicted molar refractivity (Wildman–Crippen MR) is 73.6 cm³/mol. The molecule has 3 nitrogen and oxygen atoms in total. The summed E-state index contributed by atoms with van der Waals surface area (Å²) in [5.74, 6) is 0.794. The normalized spacial score (nSPS) is 43.7. The molecule has 0 amide bonds. The topological polar surface area (TPSA) is 26.7 Å². The molecule has 3 aliphatic rings. The molecule has 0 spiro atoms. The number of rotatable bonds is 1. The highest BCUT2D eigenvalue weighted by molar-refractivity contribution is 4.92. The maximum Gasteiger partial charge on any atom is 0.0695 e. The monoisotopic (exact) mass is 252 g/mol. The Balaban J connectivity index is 1.62. The number of aliphatic hydroxyl groups excluding tert-OH is 1. The fraction of sp³-hybridized carbons (Fsp3) is 1.00. The van der Waals surface area contributed by atoms with Crippen molar-refractivity contribution in [2.75, 3.05) is 26.2 Å². The summed E-state index contributed by atoms with van der Waals surface area (Å²) in [5.41, 5.74) is 0. The summed E-state index contributed by atoms with van der Waals surface area (Å²) in [6.45, 7) is 7.25. The summed E-state index contributed by atoms with van der Waals surface area (Å²) >= 11 is 0. The summed E-state index contributed by atoms with van der Waals surface area (Å²) in [5, 5.41) is 10.3. The maximum atomic E-state index is 10.3. The van der Waals surface area contributed by atoms with E-state index in [0.717, 1.165) is 18.4 Å². The Morgan fingerprint density at radius 1 is 0.944 bits per heavy atom. The number of fused-ring (bicyclic) bond motifs is 1. The van der Waals surface area contributed by atoms with E-state index in [0.29, 0.717) is 6.04 Å². The van der Waals surface area contributed by atoms with Gasteiger partial charge in [0, 0.05) is 31.7 Å². The molecule has 3 rings (SSSR count). The molecule has 2 heterocycles. The van der Waals surface area contributed by atoms with Crippen LogP contribution in [0.4, 0.5) is 0 Å². The largest absolute Gasteiger partial charge is 0.391 e. The molecule has 3 heteroatoms. The maximum absolute atomic E-state index is 10.3. The molecule has 18 heavy (non-hydrogen) atoms. The van der Waals surface area contributed by atoms with Gasteiger partial charge in [-0.15, -0.1) is 0 Å². The summed E-state index contributed by atoms with van der Waals surface area (Å²) in [4.78, 5) is 5.28. The minimum atomic E-state index is -0.0728. The van der Waals surface area contributed by atoms with Gasteiger partial charge in [-0.05, 0) is 44.6 Å². The van der Waals surface area contributed by atoms with Gasteiger partial charge < -0.3 is 5.11 Å². The Morgan fingerprint density at radius 2 is 1.78 bits per heavy atom. The standard InChI is InChI=1S/C15H28N2O/c1-12-5-6-15(18)14(10-12)17-9-8-16-7-3-2-4-13(16)11-17/h12-15,18H,2-11H2,1H3. The molecule has 0 aromatic heterocycles. The van der Waals surface area contributed by atoms with Crippen LogP contribution < -0.4 is 0 Å². The third-order valence-electron chi connectivity index (χ3n) is 5.38. The quantitative estimate of drug-likeness (QED) is 0.769. The molecule has 0 radical (unpaired) electrons. The first-order valence-corrected chi connectivity index (χ1v) is 7.90. The molecule has 0 aromatic carbocycles. The van der Waals surface area contributed by atoms with E-state index in [2.05, 4.69) is 16.7 Å². The highest BCUT2D eigenvalue weighted by atomic mass is 16.3. The third kappa shape index (κ3) is 2.59. The van der Waals surface area contributed by atoms with Crippen molar-refractivity contribution in [1.82, 2.24) is 9.80 Å². The van der Waals surface area contributed by atoms with Crippen LogP contribution in [0.1, 0.15) is 45.4 Å². The van der Waals surface area contributed by atoms with Crippen LogP contribution in [0.15, 0.2) is 0 Å². The van der Waals surface area contributed by atoms with Crippen molar-refractivity contribution in [1.29, 1.82) is 0 Å². The SMILES string of the molecule is CC1CCC(O)C(N2CCN3CCCCC3C2)C1. The molecular formula is C15H28N2O. The fourth-order valence-corrected chi connectivity index (χ4v) is 4.21. The molecular weight excluding hydrogens is 224 g/mol. The first-order valence-electron chi connectivity index (χ1n) is 7.90. The second-order valence-electron chi connectivity index (χ2n) is 6.73. The number of hydrogen-bond donors (Lipinski definition) is 1. The van der Waals surface area contributed by atoms with E-state index in [1.807, 2.05) is 0 Å². The van der Waals surface area contributed by atoms with Crippen molar-refractivity contribution >= 4 is 0 Å². The van der Waals surface area contributed by atoms with Gasteiger partial charge in [-0.1, -0.05) is 13.3 Å².